The monoisotopic (exact) mass is 465 g/mol. The highest BCUT2D eigenvalue weighted by Gasteiger charge is 2.40. The summed E-state index contributed by atoms with van der Waals surface area (Å²) in [7, 11) is 0. The second-order valence-electron chi connectivity index (χ2n) is 9.62. The summed E-state index contributed by atoms with van der Waals surface area (Å²) in [5.74, 6) is -1.87. The molecular formula is C24H32FNO7. The first-order valence-corrected chi connectivity index (χ1v) is 11.2. The Labute approximate surface area is 193 Å². The van der Waals surface area contributed by atoms with E-state index in [0.29, 0.717) is 6.42 Å². The maximum Gasteiger partial charge on any atom is 0.408 e. The zero-order valence-corrected chi connectivity index (χ0v) is 19.5. The molecule has 2 fully saturated rings. The van der Waals surface area contributed by atoms with E-state index in [-0.39, 0.29) is 30.9 Å². The minimum absolute atomic E-state index is 0.0256. The summed E-state index contributed by atoms with van der Waals surface area (Å²) in [6.07, 6.45) is -0.136. The average molecular weight is 466 g/mol. The summed E-state index contributed by atoms with van der Waals surface area (Å²) in [4.78, 5) is 37.4. The largest absolute Gasteiger partial charge is 0.461 e. The van der Waals surface area contributed by atoms with Crippen molar-refractivity contribution in [3.63, 3.8) is 0 Å². The number of esters is 2. The number of hydrogen-bond acceptors (Lipinski definition) is 7. The molecule has 0 spiro atoms. The first-order chi connectivity index (χ1) is 15.5. The molecule has 1 aliphatic carbocycles. The number of amides is 1. The summed E-state index contributed by atoms with van der Waals surface area (Å²) in [6.45, 7) is 6.71. The standard InChI is InChI=1S/C24H32FNO7/c1-14-18(11-15-5-9-17(25)10-6-15)20(32-21(27)16-7-8-16)13-30-12-19(22(28)31-14)26-23(29)33-24(2,3)4/h5-6,9-10,14,16,18-20H,7-8,11-13H2,1-4H3,(H,26,29)/t14-,18-,19-,20-/m0/s1. The van der Waals surface area contributed by atoms with Crippen molar-refractivity contribution in [3.8, 4) is 0 Å². The fourth-order valence-electron chi connectivity index (χ4n) is 3.58. The summed E-state index contributed by atoms with van der Waals surface area (Å²) < 4.78 is 35.7. The van der Waals surface area contributed by atoms with Crippen molar-refractivity contribution in [1.82, 2.24) is 5.32 Å². The lowest BCUT2D eigenvalue weighted by atomic mass is 9.89. The highest BCUT2D eigenvalue weighted by Crippen LogP contribution is 2.32. The maximum absolute atomic E-state index is 13.4. The summed E-state index contributed by atoms with van der Waals surface area (Å²) in [5.41, 5.74) is 0.0719. The van der Waals surface area contributed by atoms with Gasteiger partial charge in [0.1, 0.15) is 23.6 Å². The number of carbonyl (C=O) groups excluding carboxylic acids is 3. The minimum atomic E-state index is -1.08. The van der Waals surface area contributed by atoms with Crippen molar-refractivity contribution in [3.05, 3.63) is 35.6 Å². The molecule has 1 aliphatic heterocycles. The lowest BCUT2D eigenvalue weighted by Crippen LogP contribution is -2.47. The van der Waals surface area contributed by atoms with E-state index in [1.165, 1.54) is 12.1 Å². The van der Waals surface area contributed by atoms with Crippen LogP contribution in [0.5, 0.6) is 0 Å². The molecule has 3 rings (SSSR count). The van der Waals surface area contributed by atoms with E-state index in [4.69, 9.17) is 18.9 Å². The Kier molecular flexibility index (Phi) is 7.94. The molecule has 1 aromatic rings. The Morgan fingerprint density at radius 2 is 1.82 bits per heavy atom. The fourth-order valence-corrected chi connectivity index (χ4v) is 3.58. The lowest BCUT2D eigenvalue weighted by molar-refractivity contribution is -0.162. The third-order valence-electron chi connectivity index (χ3n) is 5.49. The van der Waals surface area contributed by atoms with Gasteiger partial charge in [0.05, 0.1) is 19.1 Å². The van der Waals surface area contributed by atoms with Gasteiger partial charge in [-0.3, -0.25) is 4.79 Å². The van der Waals surface area contributed by atoms with Gasteiger partial charge < -0.3 is 24.3 Å². The third-order valence-corrected chi connectivity index (χ3v) is 5.49. The molecule has 0 radical (unpaired) electrons. The van der Waals surface area contributed by atoms with Crippen LogP contribution < -0.4 is 5.32 Å². The van der Waals surface area contributed by atoms with E-state index >= 15 is 0 Å². The topological polar surface area (TPSA) is 100 Å². The minimum Gasteiger partial charge on any atom is -0.461 e. The van der Waals surface area contributed by atoms with Crippen molar-refractivity contribution in [2.45, 2.75) is 70.8 Å². The Hall–Kier alpha value is -2.68. The molecule has 1 aromatic carbocycles. The van der Waals surface area contributed by atoms with Crippen LogP contribution in [0.1, 0.15) is 46.1 Å². The zero-order valence-electron chi connectivity index (χ0n) is 19.5. The normalized spacial score (nSPS) is 26.3. The molecule has 1 heterocycles. The van der Waals surface area contributed by atoms with Crippen LogP contribution in [0.3, 0.4) is 0 Å². The molecule has 0 aromatic heterocycles. The first kappa shape index (κ1) is 25.0. The lowest BCUT2D eigenvalue weighted by Gasteiger charge is -2.30. The second kappa shape index (κ2) is 10.5. The van der Waals surface area contributed by atoms with Crippen molar-refractivity contribution in [2.75, 3.05) is 13.2 Å². The predicted octanol–water partition coefficient (Wildman–Crippen LogP) is 3.16. The molecule has 0 bridgehead atoms. The Bertz CT molecular complexity index is 847. The van der Waals surface area contributed by atoms with Crippen LogP contribution in [0, 0.1) is 17.7 Å². The van der Waals surface area contributed by atoms with Gasteiger partial charge in [-0.05, 0) is 64.7 Å². The molecular weight excluding hydrogens is 433 g/mol. The zero-order chi connectivity index (χ0) is 24.2. The van der Waals surface area contributed by atoms with E-state index in [1.54, 1.807) is 39.8 Å². The molecule has 4 atom stereocenters. The molecule has 33 heavy (non-hydrogen) atoms. The average Bonchev–Trinajstić information content (AvgIpc) is 3.55. The molecule has 1 amide bonds. The first-order valence-electron chi connectivity index (χ1n) is 11.2. The van der Waals surface area contributed by atoms with E-state index < -0.39 is 41.8 Å². The van der Waals surface area contributed by atoms with E-state index in [9.17, 15) is 18.8 Å². The molecule has 8 nitrogen and oxygen atoms in total. The quantitative estimate of drug-likeness (QED) is 0.527. The Morgan fingerprint density at radius 1 is 1.15 bits per heavy atom. The highest BCUT2D eigenvalue weighted by atomic mass is 19.1. The number of ether oxygens (including phenoxy) is 4. The van der Waals surface area contributed by atoms with Gasteiger partial charge in [0.15, 0.2) is 6.04 Å². The van der Waals surface area contributed by atoms with Crippen LogP contribution in [-0.4, -0.2) is 55.1 Å². The molecule has 9 heteroatoms. The van der Waals surface area contributed by atoms with Gasteiger partial charge in [-0.1, -0.05) is 12.1 Å². The number of benzene rings is 1. The van der Waals surface area contributed by atoms with Crippen LogP contribution in [0.4, 0.5) is 9.18 Å². The summed E-state index contributed by atoms with van der Waals surface area (Å²) in [6, 6.07) is 4.91. The molecule has 1 saturated carbocycles. The maximum atomic E-state index is 13.4. The van der Waals surface area contributed by atoms with Gasteiger partial charge in [0, 0.05) is 5.92 Å². The molecule has 1 N–H and O–H groups in total. The van der Waals surface area contributed by atoms with Crippen LogP contribution in [0.15, 0.2) is 24.3 Å². The number of alkyl carbamates (subject to hydrolysis) is 1. The number of nitrogens with one attached hydrogen (secondary N) is 1. The summed E-state index contributed by atoms with van der Waals surface area (Å²) in [5, 5.41) is 2.49. The fraction of sp³-hybridized carbons (Fsp3) is 0.625. The van der Waals surface area contributed by atoms with Crippen LogP contribution in [0.25, 0.3) is 0 Å². The number of halogens is 1. The second-order valence-corrected chi connectivity index (χ2v) is 9.62. The molecule has 182 valence electrons. The van der Waals surface area contributed by atoms with Gasteiger partial charge >= 0.3 is 18.0 Å². The highest BCUT2D eigenvalue weighted by molar-refractivity contribution is 5.81. The van der Waals surface area contributed by atoms with Crippen LogP contribution in [0.2, 0.25) is 0 Å². The van der Waals surface area contributed by atoms with Crippen LogP contribution in [-0.2, 0) is 35.0 Å². The van der Waals surface area contributed by atoms with Crippen molar-refractivity contribution < 1.29 is 37.7 Å². The van der Waals surface area contributed by atoms with Crippen molar-refractivity contribution >= 4 is 18.0 Å². The predicted molar refractivity (Wildman–Crippen MR) is 116 cm³/mol. The van der Waals surface area contributed by atoms with Gasteiger partial charge in [0.25, 0.3) is 0 Å². The van der Waals surface area contributed by atoms with Crippen LogP contribution >= 0.6 is 0 Å². The van der Waals surface area contributed by atoms with Gasteiger partial charge in [-0.2, -0.15) is 0 Å². The van der Waals surface area contributed by atoms with Gasteiger partial charge in [0.2, 0.25) is 0 Å². The van der Waals surface area contributed by atoms with Crippen molar-refractivity contribution in [1.29, 1.82) is 0 Å². The smallest absolute Gasteiger partial charge is 0.408 e. The SMILES string of the molecule is C[C@@H]1OC(=O)[C@@H](NC(=O)OC(C)(C)C)COC[C@H](OC(=O)C2CC2)[C@H]1Cc1ccc(F)cc1. The molecule has 0 unspecified atom stereocenters. The number of hydrogen-bond donors (Lipinski definition) is 1. The number of rotatable bonds is 5. The van der Waals surface area contributed by atoms with Gasteiger partial charge in [-0.15, -0.1) is 0 Å². The number of cyclic esters (lactones) is 1. The Balaban J connectivity index is 1.76. The van der Waals surface area contributed by atoms with Crippen molar-refractivity contribution in [2.24, 2.45) is 11.8 Å². The summed E-state index contributed by atoms with van der Waals surface area (Å²) >= 11 is 0. The van der Waals surface area contributed by atoms with E-state index in [2.05, 4.69) is 5.32 Å². The Morgan fingerprint density at radius 3 is 2.42 bits per heavy atom. The third kappa shape index (κ3) is 7.70. The van der Waals surface area contributed by atoms with Gasteiger partial charge in [-0.25, -0.2) is 14.0 Å². The van der Waals surface area contributed by atoms with E-state index in [1.807, 2.05) is 0 Å². The number of carbonyl (C=O) groups is 3. The van der Waals surface area contributed by atoms with E-state index in [0.717, 1.165) is 18.4 Å². The molecule has 1 saturated heterocycles. The molecule has 2 aliphatic rings.